The maximum absolute atomic E-state index is 10.9. The molecule has 0 aliphatic rings. The van der Waals surface area contributed by atoms with Crippen LogP contribution in [-0.2, 0) is 6.61 Å². The highest BCUT2D eigenvalue weighted by molar-refractivity contribution is 7.99. The maximum Gasteiger partial charge on any atom is 0.283 e. The summed E-state index contributed by atoms with van der Waals surface area (Å²) in [5.74, 6) is 0.798. The third-order valence-corrected chi connectivity index (χ3v) is 3.24. The summed E-state index contributed by atoms with van der Waals surface area (Å²) in [5.41, 5.74) is 0.633. The van der Waals surface area contributed by atoms with Gasteiger partial charge in [0.05, 0.1) is 16.4 Å². The van der Waals surface area contributed by atoms with Crippen LogP contribution in [0.15, 0.2) is 23.1 Å². The number of aliphatic hydroxyl groups is 1. The molecular weight excluding hydrogens is 240 g/mol. The highest BCUT2D eigenvalue weighted by Gasteiger charge is 2.14. The van der Waals surface area contributed by atoms with Crippen molar-refractivity contribution in [2.45, 2.75) is 11.5 Å². The molecule has 94 valence electrons. The van der Waals surface area contributed by atoms with Crippen molar-refractivity contribution in [2.75, 3.05) is 26.4 Å². The molecule has 0 aliphatic heterocycles. The van der Waals surface area contributed by atoms with E-state index < -0.39 is 4.92 Å². The summed E-state index contributed by atoms with van der Waals surface area (Å²) in [6.45, 7) is 0.688. The monoisotopic (exact) mass is 256 g/mol. The lowest BCUT2D eigenvalue weighted by Crippen LogP contribution is -2.14. The summed E-state index contributed by atoms with van der Waals surface area (Å²) in [6.07, 6.45) is 0. The summed E-state index contributed by atoms with van der Waals surface area (Å²) >= 11 is 1.46. The molecule has 6 heteroatoms. The minimum absolute atomic E-state index is 0.0697. The zero-order valence-electron chi connectivity index (χ0n) is 9.92. The third-order valence-electron chi connectivity index (χ3n) is 2.20. The van der Waals surface area contributed by atoms with Crippen LogP contribution in [0.3, 0.4) is 0 Å². The molecule has 0 saturated carbocycles. The summed E-state index contributed by atoms with van der Waals surface area (Å²) in [6, 6.07) is 4.84. The zero-order valence-corrected chi connectivity index (χ0v) is 10.7. The van der Waals surface area contributed by atoms with Crippen molar-refractivity contribution in [3.63, 3.8) is 0 Å². The lowest BCUT2D eigenvalue weighted by Gasteiger charge is -2.09. The highest BCUT2D eigenvalue weighted by atomic mass is 32.2. The normalized spacial score (nSPS) is 10.8. The Labute approximate surface area is 105 Å². The Hall–Kier alpha value is -1.11. The van der Waals surface area contributed by atoms with E-state index in [4.69, 9.17) is 5.11 Å². The molecule has 1 aromatic carbocycles. The Balaban J connectivity index is 2.80. The fraction of sp³-hybridized carbons (Fsp3) is 0.455. The van der Waals surface area contributed by atoms with Gasteiger partial charge in [0.15, 0.2) is 0 Å². The first-order valence-electron chi connectivity index (χ1n) is 5.20. The number of nitrogens with zero attached hydrogens (tertiary/aromatic N) is 2. The molecule has 0 radical (unpaired) electrons. The van der Waals surface area contributed by atoms with Crippen molar-refractivity contribution in [2.24, 2.45) is 0 Å². The van der Waals surface area contributed by atoms with E-state index in [0.29, 0.717) is 10.5 Å². The third kappa shape index (κ3) is 4.33. The molecule has 17 heavy (non-hydrogen) atoms. The minimum atomic E-state index is -0.406. The van der Waals surface area contributed by atoms with Crippen molar-refractivity contribution in [1.29, 1.82) is 0 Å². The largest absolute Gasteiger partial charge is 0.392 e. The summed E-state index contributed by atoms with van der Waals surface area (Å²) in [4.78, 5) is 13.2. The Morgan fingerprint density at radius 3 is 2.71 bits per heavy atom. The van der Waals surface area contributed by atoms with Gasteiger partial charge in [0.25, 0.3) is 5.69 Å². The lowest BCUT2D eigenvalue weighted by molar-refractivity contribution is -0.387. The van der Waals surface area contributed by atoms with E-state index in [9.17, 15) is 10.1 Å². The van der Waals surface area contributed by atoms with E-state index in [1.54, 1.807) is 12.1 Å². The number of aliphatic hydroxyl groups excluding tert-OH is 1. The topological polar surface area (TPSA) is 66.6 Å². The number of nitro groups is 1. The standard InChI is InChI=1S/C11H16N2O3S/c1-12(2)5-6-17-11-4-3-9(8-14)7-10(11)13(15)16/h3-4,7,14H,5-6,8H2,1-2H3. The zero-order chi connectivity index (χ0) is 12.8. The van der Waals surface area contributed by atoms with E-state index in [1.807, 2.05) is 19.0 Å². The molecule has 5 nitrogen and oxygen atoms in total. The number of rotatable bonds is 6. The first-order valence-corrected chi connectivity index (χ1v) is 6.19. The molecule has 0 saturated heterocycles. The molecule has 0 atom stereocenters. The van der Waals surface area contributed by atoms with Gasteiger partial charge in [-0.25, -0.2) is 0 Å². The van der Waals surface area contributed by atoms with Gasteiger partial charge in [0.1, 0.15) is 0 Å². The number of hydrogen-bond donors (Lipinski definition) is 1. The summed E-state index contributed by atoms with van der Waals surface area (Å²) < 4.78 is 0. The predicted molar refractivity (Wildman–Crippen MR) is 68.3 cm³/mol. The number of benzene rings is 1. The maximum atomic E-state index is 10.9. The molecule has 0 heterocycles. The first kappa shape index (κ1) is 14.0. The summed E-state index contributed by atoms with van der Waals surface area (Å²) in [5, 5.41) is 19.8. The Bertz CT molecular complexity index is 396. The van der Waals surface area contributed by atoms with Gasteiger partial charge in [-0.15, -0.1) is 11.8 Å². The second-order valence-electron chi connectivity index (χ2n) is 3.87. The number of hydrogen-bond acceptors (Lipinski definition) is 5. The van der Waals surface area contributed by atoms with Crippen molar-refractivity contribution >= 4 is 17.4 Å². The van der Waals surface area contributed by atoms with Crippen LogP contribution >= 0.6 is 11.8 Å². The van der Waals surface area contributed by atoms with Gasteiger partial charge >= 0.3 is 0 Å². The molecule has 1 rings (SSSR count). The van der Waals surface area contributed by atoms with Crippen molar-refractivity contribution in [1.82, 2.24) is 4.90 Å². The van der Waals surface area contributed by atoms with Crippen LogP contribution in [0.25, 0.3) is 0 Å². The quantitative estimate of drug-likeness (QED) is 0.477. The van der Waals surface area contributed by atoms with E-state index in [-0.39, 0.29) is 12.3 Å². The van der Waals surface area contributed by atoms with Gasteiger partial charge in [0.2, 0.25) is 0 Å². The van der Waals surface area contributed by atoms with Gasteiger partial charge in [0, 0.05) is 18.4 Å². The predicted octanol–water partition coefficient (Wildman–Crippen LogP) is 1.74. The Kier molecular flexibility index (Phi) is 5.40. The Morgan fingerprint density at radius 1 is 1.47 bits per heavy atom. The van der Waals surface area contributed by atoms with Gasteiger partial charge in [-0.05, 0) is 25.7 Å². The van der Waals surface area contributed by atoms with Crippen LogP contribution in [0.2, 0.25) is 0 Å². The smallest absolute Gasteiger partial charge is 0.283 e. The SMILES string of the molecule is CN(C)CCSc1ccc(CO)cc1[N+](=O)[O-]. The van der Waals surface area contributed by atoms with Crippen molar-refractivity contribution in [3.05, 3.63) is 33.9 Å². The molecular formula is C11H16N2O3S. The molecule has 0 unspecified atom stereocenters. The first-order chi connectivity index (χ1) is 8.04. The molecule has 0 aliphatic carbocycles. The van der Waals surface area contributed by atoms with Crippen molar-refractivity contribution in [3.8, 4) is 0 Å². The lowest BCUT2D eigenvalue weighted by atomic mass is 10.2. The molecule has 0 aromatic heterocycles. The van der Waals surface area contributed by atoms with E-state index >= 15 is 0 Å². The number of thioether (sulfide) groups is 1. The molecule has 0 bridgehead atoms. The average molecular weight is 256 g/mol. The second-order valence-corrected chi connectivity index (χ2v) is 5.01. The van der Waals surface area contributed by atoms with Crippen LogP contribution in [0.4, 0.5) is 5.69 Å². The van der Waals surface area contributed by atoms with Crippen LogP contribution in [-0.4, -0.2) is 41.3 Å². The van der Waals surface area contributed by atoms with Crippen LogP contribution < -0.4 is 0 Å². The van der Waals surface area contributed by atoms with Gasteiger partial charge < -0.3 is 10.0 Å². The molecule has 0 amide bonds. The average Bonchev–Trinajstić information content (AvgIpc) is 2.28. The summed E-state index contributed by atoms with van der Waals surface area (Å²) in [7, 11) is 3.92. The van der Waals surface area contributed by atoms with Gasteiger partial charge in [-0.3, -0.25) is 10.1 Å². The van der Waals surface area contributed by atoms with Crippen LogP contribution in [0, 0.1) is 10.1 Å². The minimum Gasteiger partial charge on any atom is -0.392 e. The van der Waals surface area contributed by atoms with E-state index in [0.717, 1.165) is 12.3 Å². The van der Waals surface area contributed by atoms with Crippen LogP contribution in [0.1, 0.15) is 5.56 Å². The van der Waals surface area contributed by atoms with Gasteiger partial charge in [-0.1, -0.05) is 6.07 Å². The Morgan fingerprint density at radius 2 is 2.18 bits per heavy atom. The second kappa shape index (κ2) is 6.58. The highest BCUT2D eigenvalue weighted by Crippen LogP contribution is 2.29. The fourth-order valence-corrected chi connectivity index (χ4v) is 2.39. The van der Waals surface area contributed by atoms with Gasteiger partial charge in [-0.2, -0.15) is 0 Å². The molecule has 0 spiro atoms. The molecule has 1 N–H and O–H groups in total. The molecule has 1 aromatic rings. The number of nitro benzene ring substituents is 1. The molecule has 0 fully saturated rings. The van der Waals surface area contributed by atoms with E-state index in [1.165, 1.54) is 17.8 Å². The van der Waals surface area contributed by atoms with Crippen LogP contribution in [0.5, 0.6) is 0 Å². The fourth-order valence-electron chi connectivity index (χ4n) is 1.26. The van der Waals surface area contributed by atoms with E-state index in [2.05, 4.69) is 0 Å². The van der Waals surface area contributed by atoms with Crippen molar-refractivity contribution < 1.29 is 10.0 Å².